The van der Waals surface area contributed by atoms with Crippen LogP contribution in [0.5, 0.6) is 5.75 Å². The van der Waals surface area contributed by atoms with E-state index in [9.17, 15) is 0 Å². The van der Waals surface area contributed by atoms with Crippen LogP contribution in [0.25, 0.3) is 0 Å². The maximum absolute atomic E-state index is 6.53. The van der Waals surface area contributed by atoms with E-state index in [0.29, 0.717) is 6.04 Å². The van der Waals surface area contributed by atoms with Crippen LogP contribution in [-0.2, 0) is 6.42 Å². The van der Waals surface area contributed by atoms with Gasteiger partial charge in [-0.15, -0.1) is 0 Å². The lowest BCUT2D eigenvalue weighted by atomic mass is 9.99. The van der Waals surface area contributed by atoms with Gasteiger partial charge in [-0.05, 0) is 63.8 Å². The van der Waals surface area contributed by atoms with Crippen molar-refractivity contribution in [1.29, 1.82) is 0 Å². The van der Waals surface area contributed by atoms with Crippen molar-refractivity contribution in [2.45, 2.75) is 24.9 Å². The molecule has 1 heterocycles. The molecule has 0 radical (unpaired) electrons. The Labute approximate surface area is 136 Å². The normalized spacial score (nSPS) is 22.8. The second-order valence-electron chi connectivity index (χ2n) is 5.99. The Morgan fingerprint density at radius 3 is 2.86 bits per heavy atom. The summed E-state index contributed by atoms with van der Waals surface area (Å²) in [6, 6.07) is 6.56. The maximum atomic E-state index is 6.53. The highest BCUT2D eigenvalue weighted by Gasteiger charge is 2.26. The summed E-state index contributed by atoms with van der Waals surface area (Å²) in [5.41, 5.74) is 7.74. The largest absolute Gasteiger partial charge is 0.497 e. The van der Waals surface area contributed by atoms with Gasteiger partial charge in [-0.1, -0.05) is 15.9 Å². The van der Waals surface area contributed by atoms with E-state index in [-0.39, 0.29) is 6.04 Å². The zero-order valence-electron chi connectivity index (χ0n) is 13.2. The molecule has 2 unspecified atom stereocenters. The molecule has 0 aliphatic carbocycles. The molecular formula is C16H26BrN3O. The van der Waals surface area contributed by atoms with Crippen LogP contribution >= 0.6 is 15.9 Å². The van der Waals surface area contributed by atoms with Crippen LogP contribution in [0.1, 0.15) is 12.0 Å². The third kappa shape index (κ3) is 4.42. The van der Waals surface area contributed by atoms with Gasteiger partial charge in [0.15, 0.2) is 0 Å². The third-order valence-corrected chi connectivity index (χ3v) is 5.09. The lowest BCUT2D eigenvalue weighted by Crippen LogP contribution is -2.51. The molecule has 5 heteroatoms. The maximum Gasteiger partial charge on any atom is 0.119 e. The summed E-state index contributed by atoms with van der Waals surface area (Å²) in [6.07, 6.45) is 2.06. The first kappa shape index (κ1) is 16.7. The number of methoxy groups -OCH3 is 1. The first-order valence-electron chi connectivity index (χ1n) is 7.48. The summed E-state index contributed by atoms with van der Waals surface area (Å²) in [6.45, 7) is 3.29. The molecule has 1 fully saturated rings. The average molecular weight is 356 g/mol. The van der Waals surface area contributed by atoms with E-state index in [2.05, 4.69) is 45.9 Å². The number of hydrogen-bond donors (Lipinski definition) is 1. The fraction of sp³-hybridized carbons (Fsp3) is 0.625. The van der Waals surface area contributed by atoms with E-state index in [0.717, 1.165) is 36.3 Å². The summed E-state index contributed by atoms with van der Waals surface area (Å²) < 4.78 is 6.42. The highest BCUT2D eigenvalue weighted by atomic mass is 79.9. The quantitative estimate of drug-likeness (QED) is 0.896. The smallest absolute Gasteiger partial charge is 0.119 e. The molecule has 4 nitrogen and oxygen atoms in total. The van der Waals surface area contributed by atoms with E-state index in [1.165, 1.54) is 12.0 Å². The SMILES string of the molecule is COc1ccc(Br)c(CC(N)C2CN(C)CCCN2C)c1. The van der Waals surface area contributed by atoms with Crippen molar-refractivity contribution in [1.82, 2.24) is 9.80 Å². The van der Waals surface area contributed by atoms with Crippen LogP contribution in [-0.4, -0.2) is 62.7 Å². The van der Waals surface area contributed by atoms with E-state index >= 15 is 0 Å². The molecule has 118 valence electrons. The summed E-state index contributed by atoms with van der Waals surface area (Å²) in [4.78, 5) is 4.79. The van der Waals surface area contributed by atoms with Gasteiger partial charge in [-0.2, -0.15) is 0 Å². The average Bonchev–Trinajstić information content (AvgIpc) is 2.62. The molecule has 1 aromatic carbocycles. The standard InChI is InChI=1S/C16H26BrN3O/c1-19-7-4-8-20(2)16(11-19)15(18)10-12-9-13(21-3)5-6-14(12)17/h5-6,9,15-16H,4,7-8,10-11,18H2,1-3H3. The number of nitrogens with two attached hydrogens (primary N) is 1. The Hall–Kier alpha value is -0.620. The number of likely N-dealkylation sites (N-methyl/N-ethyl adjacent to an activating group) is 2. The van der Waals surface area contributed by atoms with Crippen LogP contribution in [0.2, 0.25) is 0 Å². The van der Waals surface area contributed by atoms with E-state index in [4.69, 9.17) is 10.5 Å². The number of hydrogen-bond acceptors (Lipinski definition) is 4. The molecule has 2 N–H and O–H groups in total. The highest BCUT2D eigenvalue weighted by Crippen LogP contribution is 2.24. The summed E-state index contributed by atoms with van der Waals surface area (Å²) in [7, 11) is 6.06. The van der Waals surface area contributed by atoms with Crippen LogP contribution in [0.3, 0.4) is 0 Å². The number of ether oxygens (including phenoxy) is 1. The topological polar surface area (TPSA) is 41.7 Å². The predicted octanol–water partition coefficient (Wildman–Crippen LogP) is 1.96. The molecule has 1 aromatic rings. The van der Waals surface area contributed by atoms with Crippen molar-refractivity contribution in [3.05, 3.63) is 28.2 Å². The highest BCUT2D eigenvalue weighted by molar-refractivity contribution is 9.10. The van der Waals surface area contributed by atoms with Gasteiger partial charge in [0, 0.05) is 23.1 Å². The Balaban J connectivity index is 2.10. The van der Waals surface area contributed by atoms with Gasteiger partial charge in [0.25, 0.3) is 0 Å². The molecule has 0 aromatic heterocycles. The molecule has 1 saturated heterocycles. The molecule has 2 atom stereocenters. The summed E-state index contributed by atoms with van der Waals surface area (Å²) in [5.74, 6) is 0.881. The van der Waals surface area contributed by atoms with Crippen LogP contribution in [0.4, 0.5) is 0 Å². The molecule has 0 amide bonds. The monoisotopic (exact) mass is 355 g/mol. The van der Waals surface area contributed by atoms with E-state index < -0.39 is 0 Å². The van der Waals surface area contributed by atoms with Crippen LogP contribution in [0, 0.1) is 0 Å². The predicted molar refractivity (Wildman–Crippen MR) is 90.9 cm³/mol. The van der Waals surface area contributed by atoms with E-state index in [1.807, 2.05) is 12.1 Å². The van der Waals surface area contributed by atoms with Crippen molar-refractivity contribution in [2.24, 2.45) is 5.73 Å². The van der Waals surface area contributed by atoms with Gasteiger partial charge in [-0.3, -0.25) is 0 Å². The first-order chi connectivity index (χ1) is 10.0. The molecule has 0 spiro atoms. The Kier molecular flexibility index (Phi) is 6.05. The fourth-order valence-electron chi connectivity index (χ4n) is 2.99. The molecule has 0 saturated carbocycles. The van der Waals surface area contributed by atoms with Crippen molar-refractivity contribution in [2.75, 3.05) is 40.8 Å². The van der Waals surface area contributed by atoms with Crippen molar-refractivity contribution in [3.63, 3.8) is 0 Å². The lowest BCUT2D eigenvalue weighted by Gasteiger charge is -2.32. The number of halogens is 1. The van der Waals surface area contributed by atoms with Crippen molar-refractivity contribution < 1.29 is 4.74 Å². The van der Waals surface area contributed by atoms with E-state index in [1.54, 1.807) is 7.11 Å². The fourth-order valence-corrected chi connectivity index (χ4v) is 3.40. The van der Waals surface area contributed by atoms with Gasteiger partial charge in [0.1, 0.15) is 5.75 Å². The van der Waals surface area contributed by atoms with Gasteiger partial charge in [0.2, 0.25) is 0 Å². The minimum atomic E-state index is 0.110. The third-order valence-electron chi connectivity index (χ3n) is 4.32. The molecular weight excluding hydrogens is 330 g/mol. The molecule has 1 aliphatic rings. The van der Waals surface area contributed by atoms with Crippen molar-refractivity contribution >= 4 is 15.9 Å². The summed E-state index contributed by atoms with van der Waals surface area (Å²) >= 11 is 3.62. The second kappa shape index (κ2) is 7.58. The van der Waals surface area contributed by atoms with Crippen LogP contribution in [0.15, 0.2) is 22.7 Å². The molecule has 21 heavy (non-hydrogen) atoms. The number of benzene rings is 1. The number of rotatable bonds is 4. The lowest BCUT2D eigenvalue weighted by molar-refractivity contribution is 0.195. The molecule has 1 aliphatic heterocycles. The zero-order chi connectivity index (χ0) is 15.4. The number of nitrogens with zero attached hydrogens (tertiary/aromatic N) is 2. The van der Waals surface area contributed by atoms with Gasteiger partial charge >= 0.3 is 0 Å². The first-order valence-corrected chi connectivity index (χ1v) is 8.27. The zero-order valence-corrected chi connectivity index (χ0v) is 14.8. The second-order valence-corrected chi connectivity index (χ2v) is 6.84. The molecule has 2 rings (SSSR count). The van der Waals surface area contributed by atoms with Gasteiger partial charge in [-0.25, -0.2) is 0 Å². The Bertz CT molecular complexity index is 469. The molecule has 0 bridgehead atoms. The Morgan fingerprint density at radius 2 is 2.14 bits per heavy atom. The minimum Gasteiger partial charge on any atom is -0.497 e. The van der Waals surface area contributed by atoms with Gasteiger partial charge < -0.3 is 20.3 Å². The minimum absolute atomic E-state index is 0.110. The summed E-state index contributed by atoms with van der Waals surface area (Å²) in [5, 5.41) is 0. The van der Waals surface area contributed by atoms with Crippen LogP contribution < -0.4 is 10.5 Å². The Morgan fingerprint density at radius 1 is 1.38 bits per heavy atom. The van der Waals surface area contributed by atoms with Crippen molar-refractivity contribution in [3.8, 4) is 5.75 Å². The van der Waals surface area contributed by atoms with Gasteiger partial charge in [0.05, 0.1) is 7.11 Å².